The number of benzene rings is 1. The van der Waals surface area contributed by atoms with E-state index in [0.717, 1.165) is 0 Å². The summed E-state index contributed by atoms with van der Waals surface area (Å²) in [7, 11) is 0. The Hall–Kier alpha value is -2.08. The third kappa shape index (κ3) is 6.27. The zero-order valence-electron chi connectivity index (χ0n) is 11.9. The number of amides is 3. The van der Waals surface area contributed by atoms with Crippen LogP contribution in [0.15, 0.2) is 24.3 Å². The Labute approximate surface area is 128 Å². The predicted molar refractivity (Wildman–Crippen MR) is 80.1 cm³/mol. The van der Waals surface area contributed by atoms with Crippen molar-refractivity contribution in [3.63, 3.8) is 0 Å². The standard InChI is InChI=1S/C14H18ClN3O3/c1-9(13(20)17-8-7-16-10(2)19)18-14(21)11-3-5-12(15)6-4-11/h3-6,9H,7-8H2,1-2H3,(H,16,19)(H,17,20)(H,18,21). The van der Waals surface area contributed by atoms with E-state index in [-0.39, 0.29) is 17.7 Å². The molecule has 0 aliphatic carbocycles. The number of hydrogen-bond donors (Lipinski definition) is 3. The molecule has 6 nitrogen and oxygen atoms in total. The summed E-state index contributed by atoms with van der Waals surface area (Å²) in [5.41, 5.74) is 0.428. The minimum Gasteiger partial charge on any atom is -0.355 e. The quantitative estimate of drug-likeness (QED) is 0.676. The van der Waals surface area contributed by atoms with Gasteiger partial charge in [-0.1, -0.05) is 11.6 Å². The van der Waals surface area contributed by atoms with Crippen molar-refractivity contribution < 1.29 is 14.4 Å². The molecule has 0 fully saturated rings. The van der Waals surface area contributed by atoms with Gasteiger partial charge in [0.25, 0.3) is 5.91 Å². The summed E-state index contributed by atoms with van der Waals surface area (Å²) in [6, 6.07) is 5.70. The maximum absolute atomic E-state index is 11.9. The summed E-state index contributed by atoms with van der Waals surface area (Å²) >= 11 is 5.74. The van der Waals surface area contributed by atoms with E-state index in [9.17, 15) is 14.4 Å². The number of rotatable bonds is 6. The van der Waals surface area contributed by atoms with E-state index >= 15 is 0 Å². The van der Waals surface area contributed by atoms with E-state index in [0.29, 0.717) is 23.7 Å². The Morgan fingerprint density at radius 1 is 1.10 bits per heavy atom. The van der Waals surface area contributed by atoms with Crippen LogP contribution < -0.4 is 16.0 Å². The SMILES string of the molecule is CC(=O)NCCNC(=O)C(C)NC(=O)c1ccc(Cl)cc1. The fourth-order valence-corrected chi connectivity index (χ4v) is 1.65. The first-order chi connectivity index (χ1) is 9.90. The predicted octanol–water partition coefficient (Wildman–Crippen LogP) is 0.711. The molecule has 0 aromatic heterocycles. The van der Waals surface area contributed by atoms with E-state index in [1.165, 1.54) is 6.92 Å². The van der Waals surface area contributed by atoms with Crippen LogP contribution >= 0.6 is 11.6 Å². The molecule has 0 saturated heterocycles. The van der Waals surface area contributed by atoms with Crippen molar-refractivity contribution in [2.75, 3.05) is 13.1 Å². The Balaban J connectivity index is 2.39. The lowest BCUT2D eigenvalue weighted by Gasteiger charge is -2.14. The number of nitrogens with one attached hydrogen (secondary N) is 3. The van der Waals surface area contributed by atoms with E-state index < -0.39 is 6.04 Å². The fraction of sp³-hybridized carbons (Fsp3) is 0.357. The average Bonchev–Trinajstić information content (AvgIpc) is 2.43. The van der Waals surface area contributed by atoms with Crippen LogP contribution in [0.2, 0.25) is 5.02 Å². The van der Waals surface area contributed by atoms with Crippen molar-refractivity contribution in [3.8, 4) is 0 Å². The minimum atomic E-state index is -0.675. The zero-order chi connectivity index (χ0) is 15.8. The molecule has 0 radical (unpaired) electrons. The molecule has 0 bridgehead atoms. The summed E-state index contributed by atoms with van der Waals surface area (Å²) in [4.78, 5) is 34.3. The van der Waals surface area contributed by atoms with Gasteiger partial charge in [0.05, 0.1) is 0 Å². The second-order valence-corrected chi connectivity index (χ2v) is 4.91. The highest BCUT2D eigenvalue weighted by Gasteiger charge is 2.16. The second-order valence-electron chi connectivity index (χ2n) is 4.48. The molecule has 1 aromatic carbocycles. The smallest absolute Gasteiger partial charge is 0.251 e. The normalized spacial score (nSPS) is 11.4. The average molecular weight is 312 g/mol. The monoisotopic (exact) mass is 311 g/mol. The van der Waals surface area contributed by atoms with Gasteiger partial charge in [0.2, 0.25) is 11.8 Å². The minimum absolute atomic E-state index is 0.159. The summed E-state index contributed by atoms with van der Waals surface area (Å²) in [6.07, 6.45) is 0. The van der Waals surface area contributed by atoms with Gasteiger partial charge in [-0.25, -0.2) is 0 Å². The Kier molecular flexibility index (Phi) is 6.68. The zero-order valence-corrected chi connectivity index (χ0v) is 12.7. The highest BCUT2D eigenvalue weighted by atomic mass is 35.5. The molecule has 1 aromatic rings. The van der Waals surface area contributed by atoms with Gasteiger partial charge in [-0.05, 0) is 31.2 Å². The van der Waals surface area contributed by atoms with Gasteiger partial charge in [0.1, 0.15) is 6.04 Å². The van der Waals surface area contributed by atoms with E-state index in [4.69, 9.17) is 11.6 Å². The Morgan fingerprint density at radius 2 is 1.67 bits per heavy atom. The molecule has 7 heteroatoms. The topological polar surface area (TPSA) is 87.3 Å². The molecule has 0 aliphatic rings. The number of hydrogen-bond acceptors (Lipinski definition) is 3. The van der Waals surface area contributed by atoms with Crippen LogP contribution in [0.1, 0.15) is 24.2 Å². The Bertz CT molecular complexity index is 517. The van der Waals surface area contributed by atoms with Crippen LogP contribution in [0.25, 0.3) is 0 Å². The molecule has 3 amide bonds. The van der Waals surface area contributed by atoms with Gasteiger partial charge in [0.15, 0.2) is 0 Å². The van der Waals surface area contributed by atoms with Crippen molar-refractivity contribution >= 4 is 29.3 Å². The first-order valence-electron chi connectivity index (χ1n) is 6.48. The van der Waals surface area contributed by atoms with Crippen molar-refractivity contribution in [2.24, 2.45) is 0 Å². The number of carbonyl (C=O) groups excluding carboxylic acids is 3. The van der Waals surface area contributed by atoms with Crippen LogP contribution in [-0.2, 0) is 9.59 Å². The highest BCUT2D eigenvalue weighted by molar-refractivity contribution is 6.30. The van der Waals surface area contributed by atoms with Gasteiger partial charge in [-0.2, -0.15) is 0 Å². The molecule has 0 spiro atoms. The fourth-order valence-electron chi connectivity index (χ4n) is 1.52. The van der Waals surface area contributed by atoms with Gasteiger partial charge in [0, 0.05) is 30.6 Å². The van der Waals surface area contributed by atoms with Crippen LogP contribution in [0, 0.1) is 0 Å². The maximum atomic E-state index is 11.9. The summed E-state index contributed by atoms with van der Waals surface area (Å²) in [6.45, 7) is 3.64. The van der Waals surface area contributed by atoms with Crippen LogP contribution in [0.3, 0.4) is 0 Å². The largest absolute Gasteiger partial charge is 0.355 e. The molecular formula is C14H18ClN3O3. The summed E-state index contributed by atoms with van der Waals surface area (Å²) in [5, 5.41) is 8.29. The lowest BCUT2D eigenvalue weighted by atomic mass is 10.2. The molecule has 1 rings (SSSR count). The lowest BCUT2D eigenvalue weighted by Crippen LogP contribution is -2.46. The first-order valence-corrected chi connectivity index (χ1v) is 6.86. The van der Waals surface area contributed by atoms with Crippen LogP contribution in [0.5, 0.6) is 0 Å². The van der Waals surface area contributed by atoms with E-state index in [2.05, 4.69) is 16.0 Å². The lowest BCUT2D eigenvalue weighted by molar-refractivity contribution is -0.123. The van der Waals surface area contributed by atoms with Crippen molar-refractivity contribution in [1.29, 1.82) is 0 Å². The van der Waals surface area contributed by atoms with Crippen molar-refractivity contribution in [2.45, 2.75) is 19.9 Å². The van der Waals surface area contributed by atoms with Gasteiger partial charge in [-0.3, -0.25) is 14.4 Å². The van der Waals surface area contributed by atoms with Crippen LogP contribution in [0.4, 0.5) is 0 Å². The molecule has 0 saturated carbocycles. The maximum Gasteiger partial charge on any atom is 0.251 e. The Morgan fingerprint density at radius 3 is 2.24 bits per heavy atom. The highest BCUT2D eigenvalue weighted by Crippen LogP contribution is 2.09. The molecule has 0 aliphatic heterocycles. The van der Waals surface area contributed by atoms with Crippen molar-refractivity contribution in [1.82, 2.24) is 16.0 Å². The number of carbonyl (C=O) groups is 3. The third-order valence-corrected chi connectivity index (χ3v) is 2.90. The molecule has 3 N–H and O–H groups in total. The molecule has 21 heavy (non-hydrogen) atoms. The summed E-state index contributed by atoms with van der Waals surface area (Å²) in [5.74, 6) is -0.827. The molecular weight excluding hydrogens is 294 g/mol. The molecule has 114 valence electrons. The second kappa shape index (κ2) is 8.26. The van der Waals surface area contributed by atoms with Gasteiger partial charge < -0.3 is 16.0 Å². The van der Waals surface area contributed by atoms with Gasteiger partial charge in [-0.15, -0.1) is 0 Å². The first kappa shape index (κ1) is 17.0. The van der Waals surface area contributed by atoms with Crippen LogP contribution in [-0.4, -0.2) is 36.9 Å². The van der Waals surface area contributed by atoms with E-state index in [1.54, 1.807) is 31.2 Å². The molecule has 0 heterocycles. The summed E-state index contributed by atoms with van der Waals surface area (Å²) < 4.78 is 0. The molecule has 1 unspecified atom stereocenters. The van der Waals surface area contributed by atoms with Crippen molar-refractivity contribution in [3.05, 3.63) is 34.9 Å². The number of halogens is 1. The molecule has 1 atom stereocenters. The third-order valence-electron chi connectivity index (χ3n) is 2.65. The van der Waals surface area contributed by atoms with E-state index in [1.807, 2.05) is 0 Å². The van der Waals surface area contributed by atoms with Gasteiger partial charge >= 0.3 is 0 Å².